The molecule has 0 saturated carbocycles. The molecule has 1 aromatic carbocycles. The zero-order chi connectivity index (χ0) is 13.7. The smallest absolute Gasteiger partial charge is 0.177 e. The van der Waals surface area contributed by atoms with Crippen LogP contribution in [-0.4, -0.2) is 56.4 Å². The topological polar surface area (TPSA) is 23.6 Å². The van der Waals surface area contributed by atoms with Crippen molar-refractivity contribution in [2.45, 2.75) is 13.8 Å². The van der Waals surface area contributed by atoms with Crippen molar-refractivity contribution >= 4 is 5.78 Å². The fourth-order valence-corrected chi connectivity index (χ4v) is 1.82. The molecule has 0 amide bonds. The van der Waals surface area contributed by atoms with Crippen LogP contribution in [-0.2, 0) is 0 Å². The molecule has 0 aliphatic carbocycles. The number of likely N-dealkylation sites (N-methyl/N-ethyl adjacent to an activating group) is 2. The zero-order valence-electron chi connectivity index (χ0n) is 12.2. The van der Waals surface area contributed by atoms with Crippen molar-refractivity contribution in [3.63, 3.8) is 0 Å². The van der Waals surface area contributed by atoms with Crippen molar-refractivity contribution in [1.82, 2.24) is 9.80 Å². The Kier molecular flexibility index (Phi) is 5.51. The van der Waals surface area contributed by atoms with Crippen molar-refractivity contribution < 1.29 is 4.79 Å². The molecule has 0 aliphatic heterocycles. The van der Waals surface area contributed by atoms with E-state index >= 15 is 0 Å². The molecule has 0 unspecified atom stereocenters. The highest BCUT2D eigenvalue weighted by molar-refractivity contribution is 5.99. The van der Waals surface area contributed by atoms with Gasteiger partial charge in [0.2, 0.25) is 0 Å². The van der Waals surface area contributed by atoms with E-state index in [0.717, 1.165) is 29.8 Å². The normalized spacial score (nSPS) is 11.3. The standard InChI is InChI=1S/C15H24N2O/c1-12-6-7-13(2)14(10-12)15(18)11-17(5)9-8-16(3)4/h6-7,10H,8-9,11H2,1-5H3. The van der Waals surface area contributed by atoms with Gasteiger partial charge in [0.05, 0.1) is 6.54 Å². The maximum Gasteiger partial charge on any atom is 0.177 e. The van der Waals surface area contributed by atoms with E-state index < -0.39 is 0 Å². The number of hydrogen-bond donors (Lipinski definition) is 0. The van der Waals surface area contributed by atoms with Crippen LogP contribution in [0.3, 0.4) is 0 Å². The Morgan fingerprint density at radius 2 is 1.78 bits per heavy atom. The lowest BCUT2D eigenvalue weighted by Crippen LogP contribution is -2.32. The van der Waals surface area contributed by atoms with Gasteiger partial charge in [-0.1, -0.05) is 17.7 Å². The molecular weight excluding hydrogens is 224 g/mol. The minimum Gasteiger partial charge on any atom is -0.308 e. The number of hydrogen-bond acceptors (Lipinski definition) is 3. The molecule has 0 spiro atoms. The molecule has 3 nitrogen and oxygen atoms in total. The molecule has 0 saturated heterocycles. The number of ketones is 1. The first-order chi connectivity index (χ1) is 8.40. The van der Waals surface area contributed by atoms with E-state index in [2.05, 4.69) is 9.80 Å². The SMILES string of the molecule is Cc1ccc(C)c(C(=O)CN(C)CCN(C)C)c1. The van der Waals surface area contributed by atoms with Crippen LogP contribution in [0.25, 0.3) is 0 Å². The van der Waals surface area contributed by atoms with Crippen molar-refractivity contribution in [1.29, 1.82) is 0 Å². The molecule has 1 rings (SSSR count). The van der Waals surface area contributed by atoms with Gasteiger partial charge in [-0.2, -0.15) is 0 Å². The van der Waals surface area contributed by atoms with Crippen LogP contribution in [0.15, 0.2) is 18.2 Å². The highest BCUT2D eigenvalue weighted by Gasteiger charge is 2.11. The van der Waals surface area contributed by atoms with Crippen LogP contribution in [0, 0.1) is 13.8 Å². The average Bonchev–Trinajstić information content (AvgIpc) is 2.29. The number of benzene rings is 1. The molecule has 1 aromatic rings. The first-order valence-corrected chi connectivity index (χ1v) is 6.34. The molecule has 0 N–H and O–H groups in total. The molecule has 0 bridgehead atoms. The first kappa shape index (κ1) is 14.9. The summed E-state index contributed by atoms with van der Waals surface area (Å²) in [5.74, 6) is 0.206. The van der Waals surface area contributed by atoms with Crippen LogP contribution in [0.2, 0.25) is 0 Å². The van der Waals surface area contributed by atoms with Crippen molar-refractivity contribution in [2.75, 3.05) is 40.8 Å². The minimum atomic E-state index is 0.206. The van der Waals surface area contributed by atoms with Gasteiger partial charge in [0.25, 0.3) is 0 Å². The summed E-state index contributed by atoms with van der Waals surface area (Å²) in [6.07, 6.45) is 0. The van der Waals surface area contributed by atoms with E-state index in [-0.39, 0.29) is 5.78 Å². The third-order valence-corrected chi connectivity index (χ3v) is 3.04. The summed E-state index contributed by atoms with van der Waals surface area (Å²) in [4.78, 5) is 16.4. The van der Waals surface area contributed by atoms with Crippen molar-refractivity contribution in [2.24, 2.45) is 0 Å². The summed E-state index contributed by atoms with van der Waals surface area (Å²) in [5, 5.41) is 0. The summed E-state index contributed by atoms with van der Waals surface area (Å²) in [6.45, 7) is 6.37. The van der Waals surface area contributed by atoms with Crippen LogP contribution in [0.5, 0.6) is 0 Å². The Morgan fingerprint density at radius 3 is 2.39 bits per heavy atom. The van der Waals surface area contributed by atoms with E-state index in [4.69, 9.17) is 0 Å². The Morgan fingerprint density at radius 1 is 1.11 bits per heavy atom. The van der Waals surface area contributed by atoms with Crippen LogP contribution < -0.4 is 0 Å². The van der Waals surface area contributed by atoms with E-state index in [9.17, 15) is 4.79 Å². The van der Waals surface area contributed by atoms with Crippen molar-refractivity contribution in [3.05, 3.63) is 34.9 Å². The predicted molar refractivity (Wildman–Crippen MR) is 76.3 cm³/mol. The monoisotopic (exact) mass is 248 g/mol. The van der Waals surface area contributed by atoms with Gasteiger partial charge in [0, 0.05) is 18.7 Å². The molecule has 0 aliphatic rings. The number of aryl methyl sites for hydroxylation is 2. The fourth-order valence-electron chi connectivity index (χ4n) is 1.82. The van der Waals surface area contributed by atoms with Crippen molar-refractivity contribution in [3.8, 4) is 0 Å². The first-order valence-electron chi connectivity index (χ1n) is 6.34. The third kappa shape index (κ3) is 4.59. The van der Waals surface area contributed by atoms with Crippen LogP contribution in [0.4, 0.5) is 0 Å². The molecule has 100 valence electrons. The Hall–Kier alpha value is -1.19. The number of Topliss-reactive ketones (excluding diaryl/α,β-unsaturated/α-hetero) is 1. The highest BCUT2D eigenvalue weighted by atomic mass is 16.1. The second kappa shape index (κ2) is 6.66. The van der Waals surface area contributed by atoms with Gasteiger partial charge in [0.1, 0.15) is 0 Å². The second-order valence-electron chi connectivity index (χ2n) is 5.28. The van der Waals surface area contributed by atoms with Gasteiger partial charge in [0.15, 0.2) is 5.78 Å². The minimum absolute atomic E-state index is 0.206. The van der Waals surface area contributed by atoms with Crippen LogP contribution in [0.1, 0.15) is 21.5 Å². The number of nitrogens with zero attached hydrogens (tertiary/aromatic N) is 2. The van der Waals surface area contributed by atoms with Gasteiger partial charge < -0.3 is 4.90 Å². The highest BCUT2D eigenvalue weighted by Crippen LogP contribution is 2.11. The largest absolute Gasteiger partial charge is 0.308 e. The lowest BCUT2D eigenvalue weighted by atomic mass is 10.0. The Balaban J connectivity index is 2.62. The summed E-state index contributed by atoms with van der Waals surface area (Å²) in [7, 11) is 6.08. The number of carbonyl (C=O) groups excluding carboxylic acids is 1. The zero-order valence-corrected chi connectivity index (χ0v) is 12.2. The molecule has 0 aromatic heterocycles. The van der Waals surface area contributed by atoms with Gasteiger partial charge in [-0.3, -0.25) is 9.69 Å². The molecular formula is C15H24N2O. The maximum absolute atomic E-state index is 12.2. The lowest BCUT2D eigenvalue weighted by molar-refractivity contribution is 0.0942. The van der Waals surface area contributed by atoms with Gasteiger partial charge >= 0.3 is 0 Å². The van der Waals surface area contributed by atoms with E-state index in [1.54, 1.807) is 0 Å². The predicted octanol–water partition coefficient (Wildman–Crippen LogP) is 1.98. The molecule has 0 fully saturated rings. The summed E-state index contributed by atoms with van der Waals surface area (Å²) < 4.78 is 0. The van der Waals surface area contributed by atoms with E-state index in [1.807, 2.05) is 53.2 Å². The van der Waals surface area contributed by atoms with Gasteiger partial charge in [-0.05, 0) is 46.6 Å². The maximum atomic E-state index is 12.2. The summed E-state index contributed by atoms with van der Waals surface area (Å²) in [6, 6.07) is 6.04. The van der Waals surface area contributed by atoms with Gasteiger partial charge in [-0.25, -0.2) is 0 Å². The third-order valence-electron chi connectivity index (χ3n) is 3.04. The Labute approximate surface area is 110 Å². The van der Waals surface area contributed by atoms with E-state index in [1.165, 1.54) is 0 Å². The Bertz CT molecular complexity index is 413. The summed E-state index contributed by atoms with van der Waals surface area (Å²) >= 11 is 0. The average molecular weight is 248 g/mol. The molecule has 3 heteroatoms. The molecule has 0 heterocycles. The van der Waals surface area contributed by atoms with E-state index in [0.29, 0.717) is 6.54 Å². The second-order valence-corrected chi connectivity index (χ2v) is 5.28. The number of rotatable bonds is 6. The lowest BCUT2D eigenvalue weighted by Gasteiger charge is -2.19. The number of carbonyl (C=O) groups is 1. The molecule has 0 atom stereocenters. The quantitative estimate of drug-likeness (QED) is 0.719. The molecule has 0 radical (unpaired) electrons. The summed E-state index contributed by atoms with van der Waals surface area (Å²) in [5.41, 5.74) is 3.05. The van der Waals surface area contributed by atoms with Crippen LogP contribution >= 0.6 is 0 Å². The molecule has 18 heavy (non-hydrogen) atoms. The van der Waals surface area contributed by atoms with Gasteiger partial charge in [-0.15, -0.1) is 0 Å². The fraction of sp³-hybridized carbons (Fsp3) is 0.533.